The molecule has 3 unspecified atom stereocenters. The smallest absolute Gasteiger partial charge is 0.0249 e. The number of likely N-dealkylation sites (tertiary alicyclic amines) is 1. The standard InChI is InChI=1S/C17H32N2/c1-14-5-6-15(18)16(13-14)19-11-9-17(10-12-19)7-3-2-4-8-17/h14-16H,2-13,18H2,1H3. The first kappa shape index (κ1) is 13.9. The van der Waals surface area contributed by atoms with Gasteiger partial charge in [-0.2, -0.15) is 0 Å². The molecule has 2 saturated carbocycles. The highest BCUT2D eigenvalue weighted by molar-refractivity contribution is 4.94. The van der Waals surface area contributed by atoms with Gasteiger partial charge >= 0.3 is 0 Å². The molecule has 1 heterocycles. The first-order valence-electron chi connectivity index (χ1n) is 8.68. The molecule has 3 atom stereocenters. The monoisotopic (exact) mass is 264 g/mol. The predicted octanol–water partition coefficient (Wildman–Crippen LogP) is 3.55. The summed E-state index contributed by atoms with van der Waals surface area (Å²) in [4.78, 5) is 2.75. The van der Waals surface area contributed by atoms with Crippen molar-refractivity contribution in [2.75, 3.05) is 13.1 Å². The summed E-state index contributed by atoms with van der Waals surface area (Å²) >= 11 is 0. The van der Waals surface area contributed by atoms with Crippen LogP contribution in [0.5, 0.6) is 0 Å². The molecule has 1 aliphatic heterocycles. The Morgan fingerprint density at radius 1 is 0.947 bits per heavy atom. The van der Waals surface area contributed by atoms with Crippen molar-refractivity contribution in [3.05, 3.63) is 0 Å². The average Bonchev–Trinajstić information content (AvgIpc) is 2.44. The average molecular weight is 264 g/mol. The van der Waals surface area contributed by atoms with Crippen molar-refractivity contribution in [1.29, 1.82) is 0 Å². The normalized spacial score (nSPS) is 40.4. The van der Waals surface area contributed by atoms with Crippen LogP contribution in [0.2, 0.25) is 0 Å². The molecule has 3 rings (SSSR count). The van der Waals surface area contributed by atoms with Gasteiger partial charge in [-0.05, 0) is 69.4 Å². The molecule has 2 nitrogen and oxygen atoms in total. The zero-order chi connectivity index (χ0) is 13.3. The Hall–Kier alpha value is -0.0800. The summed E-state index contributed by atoms with van der Waals surface area (Å²) in [6, 6.07) is 1.13. The van der Waals surface area contributed by atoms with E-state index in [1.807, 2.05) is 0 Å². The van der Waals surface area contributed by atoms with Crippen LogP contribution in [0.15, 0.2) is 0 Å². The number of hydrogen-bond donors (Lipinski definition) is 1. The van der Waals surface area contributed by atoms with Crippen LogP contribution in [0.1, 0.15) is 71.1 Å². The van der Waals surface area contributed by atoms with E-state index >= 15 is 0 Å². The molecular weight excluding hydrogens is 232 g/mol. The maximum absolute atomic E-state index is 6.40. The van der Waals surface area contributed by atoms with Gasteiger partial charge in [0.1, 0.15) is 0 Å². The van der Waals surface area contributed by atoms with Gasteiger partial charge in [0.15, 0.2) is 0 Å². The Balaban J connectivity index is 1.57. The van der Waals surface area contributed by atoms with Gasteiger partial charge in [0.05, 0.1) is 0 Å². The van der Waals surface area contributed by atoms with Crippen molar-refractivity contribution in [1.82, 2.24) is 4.90 Å². The molecule has 1 saturated heterocycles. The first-order valence-corrected chi connectivity index (χ1v) is 8.68. The number of piperidine rings is 1. The van der Waals surface area contributed by atoms with E-state index in [9.17, 15) is 0 Å². The molecule has 110 valence electrons. The van der Waals surface area contributed by atoms with E-state index in [0.29, 0.717) is 12.1 Å². The highest BCUT2D eigenvalue weighted by Crippen LogP contribution is 2.45. The largest absolute Gasteiger partial charge is 0.326 e. The van der Waals surface area contributed by atoms with Gasteiger partial charge in [0, 0.05) is 12.1 Å². The molecular formula is C17H32N2. The van der Waals surface area contributed by atoms with Gasteiger partial charge in [0.25, 0.3) is 0 Å². The molecule has 2 aliphatic carbocycles. The van der Waals surface area contributed by atoms with E-state index in [1.54, 1.807) is 0 Å². The molecule has 3 aliphatic rings. The van der Waals surface area contributed by atoms with Crippen molar-refractivity contribution in [3.8, 4) is 0 Å². The van der Waals surface area contributed by atoms with Crippen molar-refractivity contribution in [2.24, 2.45) is 17.1 Å². The van der Waals surface area contributed by atoms with E-state index in [-0.39, 0.29) is 0 Å². The second-order valence-corrected chi connectivity index (χ2v) is 7.75. The molecule has 0 aromatic carbocycles. The summed E-state index contributed by atoms with van der Waals surface area (Å²) in [5, 5.41) is 0. The molecule has 0 amide bonds. The van der Waals surface area contributed by atoms with Crippen LogP contribution in [0.4, 0.5) is 0 Å². The van der Waals surface area contributed by atoms with Gasteiger partial charge in [-0.1, -0.05) is 26.2 Å². The molecule has 2 N–H and O–H groups in total. The summed E-state index contributed by atoms with van der Waals surface area (Å²) < 4.78 is 0. The van der Waals surface area contributed by atoms with Crippen molar-refractivity contribution in [2.45, 2.75) is 83.2 Å². The lowest BCUT2D eigenvalue weighted by Crippen LogP contribution is -2.54. The first-order chi connectivity index (χ1) is 9.19. The lowest BCUT2D eigenvalue weighted by Gasteiger charge is -2.49. The van der Waals surface area contributed by atoms with Gasteiger partial charge in [-0.3, -0.25) is 4.90 Å². The molecule has 0 radical (unpaired) electrons. The summed E-state index contributed by atoms with van der Waals surface area (Å²) in [6.07, 6.45) is 14.3. The van der Waals surface area contributed by atoms with Gasteiger partial charge < -0.3 is 5.73 Å². The minimum atomic E-state index is 0.441. The minimum Gasteiger partial charge on any atom is -0.326 e. The number of rotatable bonds is 1. The van der Waals surface area contributed by atoms with Gasteiger partial charge in [-0.25, -0.2) is 0 Å². The summed E-state index contributed by atoms with van der Waals surface area (Å²) in [5.41, 5.74) is 7.14. The lowest BCUT2D eigenvalue weighted by atomic mass is 9.67. The Labute approximate surface area is 119 Å². The summed E-state index contributed by atoms with van der Waals surface area (Å²) in [5.74, 6) is 0.885. The second kappa shape index (κ2) is 5.73. The number of nitrogens with two attached hydrogens (primary N) is 1. The molecule has 1 spiro atoms. The molecule has 0 aromatic heterocycles. The Morgan fingerprint density at radius 2 is 1.63 bits per heavy atom. The van der Waals surface area contributed by atoms with Crippen LogP contribution < -0.4 is 5.73 Å². The lowest BCUT2D eigenvalue weighted by molar-refractivity contribution is 0.0228. The van der Waals surface area contributed by atoms with E-state index in [1.165, 1.54) is 77.3 Å². The highest BCUT2D eigenvalue weighted by atomic mass is 15.2. The quantitative estimate of drug-likeness (QED) is 0.785. The Morgan fingerprint density at radius 3 is 2.32 bits per heavy atom. The van der Waals surface area contributed by atoms with Crippen molar-refractivity contribution in [3.63, 3.8) is 0 Å². The van der Waals surface area contributed by atoms with Crippen LogP contribution in [-0.4, -0.2) is 30.1 Å². The maximum atomic E-state index is 6.40. The summed E-state index contributed by atoms with van der Waals surface area (Å²) in [7, 11) is 0. The van der Waals surface area contributed by atoms with E-state index in [4.69, 9.17) is 5.73 Å². The minimum absolute atomic E-state index is 0.441. The zero-order valence-corrected chi connectivity index (χ0v) is 12.7. The maximum Gasteiger partial charge on any atom is 0.0249 e. The topological polar surface area (TPSA) is 29.3 Å². The summed E-state index contributed by atoms with van der Waals surface area (Å²) in [6.45, 7) is 5.06. The van der Waals surface area contributed by atoms with Gasteiger partial charge in [0.2, 0.25) is 0 Å². The van der Waals surface area contributed by atoms with Crippen LogP contribution in [0, 0.1) is 11.3 Å². The van der Waals surface area contributed by atoms with Gasteiger partial charge in [-0.15, -0.1) is 0 Å². The second-order valence-electron chi connectivity index (χ2n) is 7.75. The predicted molar refractivity (Wildman–Crippen MR) is 81.1 cm³/mol. The molecule has 19 heavy (non-hydrogen) atoms. The third-order valence-electron chi connectivity index (χ3n) is 6.37. The van der Waals surface area contributed by atoms with Crippen molar-refractivity contribution < 1.29 is 0 Å². The molecule has 2 heteroatoms. The van der Waals surface area contributed by atoms with E-state index in [2.05, 4.69) is 11.8 Å². The van der Waals surface area contributed by atoms with Crippen LogP contribution in [0.25, 0.3) is 0 Å². The molecule has 0 aromatic rings. The highest BCUT2D eigenvalue weighted by Gasteiger charge is 2.39. The number of hydrogen-bond acceptors (Lipinski definition) is 2. The third-order valence-corrected chi connectivity index (χ3v) is 6.37. The fourth-order valence-electron chi connectivity index (χ4n) is 4.93. The molecule has 0 bridgehead atoms. The van der Waals surface area contributed by atoms with Crippen LogP contribution in [-0.2, 0) is 0 Å². The Bertz CT molecular complexity index is 286. The SMILES string of the molecule is CC1CCC(N)C(N2CCC3(CCCCC3)CC2)C1. The fraction of sp³-hybridized carbons (Fsp3) is 1.00. The van der Waals surface area contributed by atoms with E-state index in [0.717, 1.165) is 11.3 Å². The fourth-order valence-corrected chi connectivity index (χ4v) is 4.93. The third kappa shape index (κ3) is 3.00. The van der Waals surface area contributed by atoms with E-state index < -0.39 is 0 Å². The molecule has 3 fully saturated rings. The van der Waals surface area contributed by atoms with Crippen LogP contribution >= 0.6 is 0 Å². The zero-order valence-electron chi connectivity index (χ0n) is 12.7. The van der Waals surface area contributed by atoms with Crippen LogP contribution in [0.3, 0.4) is 0 Å². The Kier molecular flexibility index (Phi) is 4.19. The van der Waals surface area contributed by atoms with Crippen molar-refractivity contribution >= 4 is 0 Å². The number of nitrogens with zero attached hydrogens (tertiary/aromatic N) is 1.